The summed E-state index contributed by atoms with van der Waals surface area (Å²) in [5.41, 5.74) is 0.0706. The highest BCUT2D eigenvalue weighted by Gasteiger charge is 2.30. The van der Waals surface area contributed by atoms with Crippen LogP contribution in [0.1, 0.15) is 44.0 Å². The first-order valence-corrected chi connectivity index (χ1v) is 7.92. The van der Waals surface area contributed by atoms with E-state index in [-0.39, 0.29) is 17.8 Å². The second-order valence-electron chi connectivity index (χ2n) is 6.59. The van der Waals surface area contributed by atoms with Crippen LogP contribution in [-0.2, 0) is 4.74 Å². The first kappa shape index (κ1) is 16.8. The number of nitrogens with zero attached hydrogens (tertiary/aromatic N) is 1. The van der Waals surface area contributed by atoms with Gasteiger partial charge in [-0.15, -0.1) is 0 Å². The summed E-state index contributed by atoms with van der Waals surface area (Å²) in [6.45, 7) is 6.61. The number of hydrogen-bond donors (Lipinski definition) is 0. The summed E-state index contributed by atoms with van der Waals surface area (Å²) in [5.74, 6) is -0.0203. The normalized spacial score (nSPS) is 16.5. The van der Waals surface area contributed by atoms with E-state index in [1.54, 1.807) is 17.0 Å². The zero-order valence-corrected chi connectivity index (χ0v) is 14.0. The van der Waals surface area contributed by atoms with Crippen molar-refractivity contribution in [2.45, 2.75) is 39.2 Å². The molecule has 4 nitrogen and oxygen atoms in total. The Morgan fingerprint density at radius 3 is 2.32 bits per heavy atom. The fourth-order valence-corrected chi connectivity index (χ4v) is 2.76. The van der Waals surface area contributed by atoms with Crippen molar-refractivity contribution in [3.05, 3.63) is 34.9 Å². The molecule has 1 saturated heterocycles. The van der Waals surface area contributed by atoms with E-state index in [2.05, 4.69) is 0 Å². The van der Waals surface area contributed by atoms with Gasteiger partial charge in [0.1, 0.15) is 5.60 Å². The molecule has 0 atom stereocenters. The molecule has 2 rings (SSSR count). The van der Waals surface area contributed by atoms with E-state index in [1.807, 2.05) is 32.9 Å². The number of likely N-dealkylation sites (tertiary alicyclic amines) is 1. The zero-order valence-electron chi connectivity index (χ0n) is 13.3. The van der Waals surface area contributed by atoms with Crippen LogP contribution in [-0.4, -0.2) is 35.5 Å². The van der Waals surface area contributed by atoms with Gasteiger partial charge in [-0.3, -0.25) is 4.79 Å². The number of benzene rings is 1. The molecule has 0 bridgehead atoms. The molecule has 1 amide bonds. The summed E-state index contributed by atoms with van der Waals surface area (Å²) in [5, 5.41) is 0.488. The van der Waals surface area contributed by atoms with Crippen molar-refractivity contribution in [1.82, 2.24) is 4.90 Å². The standard InChI is InChI=1S/C17H22ClNO3/c1-17(2,3)22-16(21)19-10-8-12(9-11-19)15(20)13-6-4-5-7-14(13)18/h4-7,12H,8-11H2,1-3H3. The molecular formula is C17H22ClNO3. The van der Waals surface area contributed by atoms with Crippen LogP contribution >= 0.6 is 11.6 Å². The molecule has 0 saturated carbocycles. The average molecular weight is 324 g/mol. The third-order valence-electron chi connectivity index (χ3n) is 3.66. The van der Waals surface area contributed by atoms with Crippen molar-refractivity contribution in [2.24, 2.45) is 5.92 Å². The molecule has 0 radical (unpaired) electrons. The summed E-state index contributed by atoms with van der Waals surface area (Å²) < 4.78 is 5.36. The predicted molar refractivity (Wildman–Crippen MR) is 86.3 cm³/mol. The number of amides is 1. The smallest absolute Gasteiger partial charge is 0.410 e. The number of halogens is 1. The quantitative estimate of drug-likeness (QED) is 0.767. The van der Waals surface area contributed by atoms with Crippen molar-refractivity contribution in [3.63, 3.8) is 0 Å². The van der Waals surface area contributed by atoms with Gasteiger partial charge < -0.3 is 9.64 Å². The van der Waals surface area contributed by atoms with Crippen molar-refractivity contribution < 1.29 is 14.3 Å². The lowest BCUT2D eigenvalue weighted by atomic mass is 9.89. The number of carbonyl (C=O) groups excluding carboxylic acids is 2. The van der Waals surface area contributed by atoms with Gasteiger partial charge in [0.25, 0.3) is 0 Å². The molecule has 1 fully saturated rings. The molecule has 0 aromatic heterocycles. The van der Waals surface area contributed by atoms with E-state index >= 15 is 0 Å². The van der Waals surface area contributed by atoms with E-state index < -0.39 is 5.60 Å². The molecule has 5 heteroatoms. The lowest BCUT2D eigenvalue weighted by Gasteiger charge is -2.33. The van der Waals surface area contributed by atoms with E-state index in [4.69, 9.17) is 16.3 Å². The Hall–Kier alpha value is -1.55. The number of hydrogen-bond acceptors (Lipinski definition) is 3. The van der Waals surface area contributed by atoms with Crippen LogP contribution < -0.4 is 0 Å². The topological polar surface area (TPSA) is 46.6 Å². The van der Waals surface area contributed by atoms with Crippen LogP contribution in [0.5, 0.6) is 0 Å². The molecule has 1 aromatic carbocycles. The Morgan fingerprint density at radius 2 is 1.77 bits per heavy atom. The number of Topliss-reactive ketones (excluding diaryl/α,β-unsaturated/α-hetero) is 1. The largest absolute Gasteiger partial charge is 0.444 e. The van der Waals surface area contributed by atoms with Gasteiger partial charge in [0, 0.05) is 24.6 Å². The average Bonchev–Trinajstić information content (AvgIpc) is 2.45. The fraction of sp³-hybridized carbons (Fsp3) is 0.529. The van der Waals surface area contributed by atoms with Gasteiger partial charge in [-0.05, 0) is 45.7 Å². The van der Waals surface area contributed by atoms with E-state index in [1.165, 1.54) is 0 Å². The van der Waals surface area contributed by atoms with Gasteiger partial charge in [0.15, 0.2) is 5.78 Å². The van der Waals surface area contributed by atoms with E-state index in [0.29, 0.717) is 36.5 Å². The van der Waals surface area contributed by atoms with Gasteiger partial charge in [-0.2, -0.15) is 0 Å². The Labute approximate surface area is 136 Å². The van der Waals surface area contributed by atoms with Crippen LogP contribution in [0, 0.1) is 5.92 Å². The third kappa shape index (κ3) is 4.23. The van der Waals surface area contributed by atoms with Gasteiger partial charge in [-0.1, -0.05) is 23.7 Å². The molecule has 0 unspecified atom stereocenters. The monoisotopic (exact) mass is 323 g/mol. The highest BCUT2D eigenvalue weighted by Crippen LogP contribution is 2.26. The van der Waals surface area contributed by atoms with E-state index in [0.717, 1.165) is 0 Å². The molecule has 0 aliphatic carbocycles. The third-order valence-corrected chi connectivity index (χ3v) is 3.99. The maximum atomic E-state index is 12.5. The van der Waals surface area contributed by atoms with Crippen LogP contribution in [0.15, 0.2) is 24.3 Å². The van der Waals surface area contributed by atoms with Crippen molar-refractivity contribution in [1.29, 1.82) is 0 Å². The summed E-state index contributed by atoms with van der Waals surface area (Å²) >= 11 is 6.08. The lowest BCUT2D eigenvalue weighted by molar-refractivity contribution is 0.0182. The van der Waals surface area contributed by atoms with Crippen LogP contribution in [0.2, 0.25) is 5.02 Å². The fourth-order valence-electron chi connectivity index (χ4n) is 2.53. The molecule has 1 aromatic rings. The van der Waals surface area contributed by atoms with Crippen LogP contribution in [0.25, 0.3) is 0 Å². The maximum Gasteiger partial charge on any atom is 0.410 e. The second-order valence-corrected chi connectivity index (χ2v) is 6.99. The minimum atomic E-state index is -0.499. The highest BCUT2D eigenvalue weighted by atomic mass is 35.5. The predicted octanol–water partition coefficient (Wildman–Crippen LogP) is 4.17. The molecule has 120 valence electrons. The Morgan fingerprint density at radius 1 is 1.18 bits per heavy atom. The number of rotatable bonds is 2. The van der Waals surface area contributed by atoms with Crippen LogP contribution in [0.3, 0.4) is 0 Å². The minimum absolute atomic E-state index is 0.0643. The molecular weight excluding hydrogens is 302 g/mol. The molecule has 1 aliphatic heterocycles. The second kappa shape index (κ2) is 6.69. The Balaban J connectivity index is 1.94. The van der Waals surface area contributed by atoms with Gasteiger partial charge in [0.05, 0.1) is 5.02 Å². The molecule has 1 heterocycles. The summed E-state index contributed by atoms with van der Waals surface area (Å²) in [7, 11) is 0. The molecule has 0 spiro atoms. The minimum Gasteiger partial charge on any atom is -0.444 e. The number of ether oxygens (including phenoxy) is 1. The molecule has 0 N–H and O–H groups in total. The van der Waals surface area contributed by atoms with Crippen molar-refractivity contribution >= 4 is 23.5 Å². The molecule has 22 heavy (non-hydrogen) atoms. The number of ketones is 1. The van der Waals surface area contributed by atoms with E-state index in [9.17, 15) is 9.59 Å². The lowest BCUT2D eigenvalue weighted by Crippen LogP contribution is -2.43. The molecule has 1 aliphatic rings. The first-order valence-electron chi connectivity index (χ1n) is 7.54. The van der Waals surface area contributed by atoms with Crippen LogP contribution in [0.4, 0.5) is 4.79 Å². The van der Waals surface area contributed by atoms with Gasteiger partial charge in [-0.25, -0.2) is 4.79 Å². The Kier molecular flexibility index (Phi) is 5.12. The van der Waals surface area contributed by atoms with Gasteiger partial charge >= 0.3 is 6.09 Å². The van der Waals surface area contributed by atoms with Crippen molar-refractivity contribution in [3.8, 4) is 0 Å². The maximum absolute atomic E-state index is 12.5. The SMILES string of the molecule is CC(C)(C)OC(=O)N1CCC(C(=O)c2ccccc2Cl)CC1. The van der Waals surface area contributed by atoms with Gasteiger partial charge in [0.2, 0.25) is 0 Å². The summed E-state index contributed by atoms with van der Waals surface area (Å²) in [6.07, 6.45) is 0.975. The first-order chi connectivity index (χ1) is 10.3. The van der Waals surface area contributed by atoms with Crippen molar-refractivity contribution in [2.75, 3.05) is 13.1 Å². The Bertz CT molecular complexity index is 557. The number of piperidine rings is 1. The summed E-state index contributed by atoms with van der Waals surface area (Å²) in [6, 6.07) is 7.11. The zero-order chi connectivity index (χ0) is 16.3. The number of carbonyl (C=O) groups is 2. The highest BCUT2D eigenvalue weighted by molar-refractivity contribution is 6.34. The summed E-state index contributed by atoms with van der Waals surface area (Å²) in [4.78, 5) is 26.2.